The SMILES string of the molecule is Cc1nccn1CCCn1cc[n+](CCCn2cc[n+](C)c2C)c1C. The first-order chi connectivity index (χ1) is 12.1. The van der Waals surface area contributed by atoms with E-state index in [4.69, 9.17) is 0 Å². The van der Waals surface area contributed by atoms with Crippen molar-refractivity contribution in [3.8, 4) is 0 Å². The van der Waals surface area contributed by atoms with E-state index in [0.717, 1.165) is 44.8 Å². The van der Waals surface area contributed by atoms with Crippen LogP contribution in [0.2, 0.25) is 0 Å². The Morgan fingerprint density at radius 1 is 0.840 bits per heavy atom. The first-order valence-electron chi connectivity index (χ1n) is 9.10. The van der Waals surface area contributed by atoms with E-state index in [1.807, 2.05) is 6.20 Å². The van der Waals surface area contributed by atoms with Gasteiger partial charge in [-0.1, -0.05) is 0 Å². The predicted molar refractivity (Wildman–Crippen MR) is 95.9 cm³/mol. The Morgan fingerprint density at radius 2 is 1.52 bits per heavy atom. The Kier molecular flexibility index (Phi) is 5.36. The average Bonchev–Trinajstić information content (AvgIpc) is 3.25. The van der Waals surface area contributed by atoms with Gasteiger partial charge in [-0.3, -0.25) is 0 Å². The highest BCUT2D eigenvalue weighted by molar-refractivity contribution is 4.88. The molecular weight excluding hydrogens is 312 g/mol. The molecule has 0 aromatic carbocycles. The van der Waals surface area contributed by atoms with Crippen molar-refractivity contribution in [3.63, 3.8) is 0 Å². The van der Waals surface area contributed by atoms with Crippen molar-refractivity contribution in [2.24, 2.45) is 7.05 Å². The summed E-state index contributed by atoms with van der Waals surface area (Å²) in [4.78, 5) is 4.28. The van der Waals surface area contributed by atoms with Crippen molar-refractivity contribution in [3.05, 3.63) is 54.7 Å². The maximum Gasteiger partial charge on any atom is 0.253 e. The summed E-state index contributed by atoms with van der Waals surface area (Å²) in [6, 6.07) is 0. The Labute approximate surface area is 150 Å². The van der Waals surface area contributed by atoms with E-state index >= 15 is 0 Å². The van der Waals surface area contributed by atoms with Crippen LogP contribution in [0.15, 0.2) is 37.2 Å². The van der Waals surface area contributed by atoms with Gasteiger partial charge in [0, 0.05) is 45.6 Å². The number of hydrogen-bond donors (Lipinski definition) is 0. The highest BCUT2D eigenvalue weighted by Crippen LogP contribution is 2.02. The van der Waals surface area contributed by atoms with Gasteiger partial charge in [-0.25, -0.2) is 23.3 Å². The van der Waals surface area contributed by atoms with Crippen molar-refractivity contribution in [1.29, 1.82) is 0 Å². The van der Waals surface area contributed by atoms with E-state index in [1.165, 1.54) is 11.6 Å². The smallest absolute Gasteiger partial charge is 0.253 e. The molecule has 134 valence electrons. The molecule has 6 nitrogen and oxygen atoms in total. The fourth-order valence-corrected chi connectivity index (χ4v) is 3.31. The lowest BCUT2D eigenvalue weighted by molar-refractivity contribution is -0.703. The summed E-state index contributed by atoms with van der Waals surface area (Å²) in [5.41, 5.74) is 0. The van der Waals surface area contributed by atoms with E-state index in [9.17, 15) is 0 Å². The predicted octanol–water partition coefficient (Wildman–Crippen LogP) is 1.70. The van der Waals surface area contributed by atoms with Crippen LogP contribution in [0.5, 0.6) is 0 Å². The Bertz CT molecular complexity index is 823. The van der Waals surface area contributed by atoms with Crippen LogP contribution in [-0.4, -0.2) is 18.7 Å². The number of rotatable bonds is 8. The molecule has 0 saturated heterocycles. The normalized spacial score (nSPS) is 11.4. The van der Waals surface area contributed by atoms with Crippen LogP contribution in [0.3, 0.4) is 0 Å². The summed E-state index contributed by atoms with van der Waals surface area (Å²) in [5, 5.41) is 0. The second kappa shape index (κ2) is 7.68. The molecule has 0 radical (unpaired) electrons. The second-order valence-electron chi connectivity index (χ2n) is 6.76. The standard InChI is InChI=1S/C19H30N6/c1-17-20-7-12-22(17)8-5-10-24-15-16-25(19(24)3)11-6-9-23-14-13-21(4)18(23)2/h7,12-16H,5-6,8-11H2,1-4H3/q+2. The second-order valence-corrected chi connectivity index (χ2v) is 6.76. The molecule has 0 aliphatic heterocycles. The molecule has 0 unspecified atom stereocenters. The summed E-state index contributed by atoms with van der Waals surface area (Å²) in [7, 11) is 2.09. The number of hydrogen-bond acceptors (Lipinski definition) is 1. The summed E-state index contributed by atoms with van der Waals surface area (Å²) in [6.45, 7) is 10.6. The monoisotopic (exact) mass is 342 g/mol. The zero-order valence-corrected chi connectivity index (χ0v) is 15.9. The molecule has 0 spiro atoms. The van der Waals surface area contributed by atoms with Gasteiger partial charge in [0.25, 0.3) is 11.6 Å². The first kappa shape index (κ1) is 17.5. The molecule has 6 heteroatoms. The van der Waals surface area contributed by atoms with E-state index in [2.05, 4.69) is 86.6 Å². The minimum Gasteiger partial charge on any atom is -0.335 e. The molecular formula is C19H30N6+2. The maximum atomic E-state index is 4.28. The molecule has 0 amide bonds. The third-order valence-corrected chi connectivity index (χ3v) is 5.17. The molecule has 3 aromatic rings. The highest BCUT2D eigenvalue weighted by atomic mass is 15.2. The molecule has 3 aromatic heterocycles. The molecule has 3 rings (SSSR count). The van der Waals surface area contributed by atoms with Gasteiger partial charge in [0.2, 0.25) is 0 Å². The Balaban J connectivity index is 1.49. The van der Waals surface area contributed by atoms with Crippen molar-refractivity contribution in [1.82, 2.24) is 18.7 Å². The molecule has 0 saturated carbocycles. The maximum absolute atomic E-state index is 4.28. The number of nitrogens with zero attached hydrogens (tertiary/aromatic N) is 6. The number of imidazole rings is 3. The van der Waals surface area contributed by atoms with Crippen molar-refractivity contribution in [2.75, 3.05) is 0 Å². The van der Waals surface area contributed by atoms with Crippen LogP contribution in [-0.2, 0) is 33.2 Å². The van der Waals surface area contributed by atoms with Gasteiger partial charge < -0.3 is 4.57 Å². The summed E-state index contributed by atoms with van der Waals surface area (Å²) in [6.07, 6.45) is 14.9. The minimum atomic E-state index is 1.02. The quantitative estimate of drug-likeness (QED) is 0.574. The van der Waals surface area contributed by atoms with Gasteiger partial charge in [-0.15, -0.1) is 0 Å². The third-order valence-electron chi connectivity index (χ3n) is 5.17. The lowest BCUT2D eigenvalue weighted by Gasteiger charge is -2.04. The lowest BCUT2D eigenvalue weighted by atomic mass is 10.4. The van der Waals surface area contributed by atoms with Gasteiger partial charge in [0.05, 0.1) is 26.7 Å². The fraction of sp³-hybridized carbons (Fsp3) is 0.526. The van der Waals surface area contributed by atoms with Crippen molar-refractivity contribution in [2.45, 2.75) is 59.8 Å². The van der Waals surface area contributed by atoms with Gasteiger partial charge >= 0.3 is 0 Å². The Morgan fingerprint density at radius 3 is 2.20 bits per heavy atom. The number of aromatic nitrogens is 6. The van der Waals surface area contributed by atoms with Crippen molar-refractivity contribution < 1.29 is 9.13 Å². The third kappa shape index (κ3) is 4.00. The van der Waals surface area contributed by atoms with Crippen LogP contribution in [0.4, 0.5) is 0 Å². The van der Waals surface area contributed by atoms with Gasteiger partial charge in [-0.2, -0.15) is 0 Å². The van der Waals surface area contributed by atoms with E-state index in [-0.39, 0.29) is 0 Å². The van der Waals surface area contributed by atoms with Crippen LogP contribution >= 0.6 is 0 Å². The Hall–Kier alpha value is -2.37. The van der Waals surface area contributed by atoms with Crippen LogP contribution in [0.25, 0.3) is 0 Å². The number of aryl methyl sites for hydroxylation is 6. The molecule has 0 fully saturated rings. The molecule has 25 heavy (non-hydrogen) atoms. The average molecular weight is 342 g/mol. The summed E-state index contributed by atoms with van der Waals surface area (Å²) < 4.78 is 11.4. The van der Waals surface area contributed by atoms with Gasteiger partial charge in [-0.05, 0) is 6.92 Å². The van der Waals surface area contributed by atoms with Crippen LogP contribution in [0, 0.1) is 20.8 Å². The molecule has 0 atom stereocenters. The molecule has 0 aliphatic rings. The van der Waals surface area contributed by atoms with Crippen LogP contribution in [0.1, 0.15) is 30.3 Å². The largest absolute Gasteiger partial charge is 0.335 e. The lowest BCUT2D eigenvalue weighted by Crippen LogP contribution is -2.36. The van der Waals surface area contributed by atoms with Gasteiger partial charge in [0.1, 0.15) is 30.6 Å². The van der Waals surface area contributed by atoms with E-state index in [0.29, 0.717) is 0 Å². The fourth-order valence-electron chi connectivity index (χ4n) is 3.31. The van der Waals surface area contributed by atoms with E-state index < -0.39 is 0 Å². The van der Waals surface area contributed by atoms with E-state index in [1.54, 1.807) is 0 Å². The van der Waals surface area contributed by atoms with Crippen LogP contribution < -0.4 is 9.13 Å². The van der Waals surface area contributed by atoms with Crippen molar-refractivity contribution >= 4 is 0 Å². The first-order valence-corrected chi connectivity index (χ1v) is 9.10. The zero-order valence-electron chi connectivity index (χ0n) is 15.9. The molecule has 3 heterocycles. The summed E-state index contributed by atoms with van der Waals surface area (Å²) in [5.74, 6) is 3.72. The molecule has 0 aliphatic carbocycles. The highest BCUT2D eigenvalue weighted by Gasteiger charge is 2.13. The van der Waals surface area contributed by atoms with Gasteiger partial charge in [0.15, 0.2) is 0 Å². The molecule has 0 bridgehead atoms. The topological polar surface area (TPSA) is 35.4 Å². The minimum absolute atomic E-state index is 1.02. The molecule has 0 N–H and O–H groups in total. The summed E-state index contributed by atoms with van der Waals surface area (Å²) >= 11 is 0. The zero-order chi connectivity index (χ0) is 17.8.